The molecule has 8 nitrogen and oxygen atoms in total. The highest BCUT2D eigenvalue weighted by molar-refractivity contribution is 7.89. The van der Waals surface area contributed by atoms with Gasteiger partial charge in [-0.25, -0.2) is 18.5 Å². The second-order valence-corrected chi connectivity index (χ2v) is 12.8. The Labute approximate surface area is 236 Å². The van der Waals surface area contributed by atoms with E-state index in [0.29, 0.717) is 31.0 Å². The molecule has 4 rings (SSSR count). The third-order valence-corrected chi connectivity index (χ3v) is 8.81. The van der Waals surface area contributed by atoms with Crippen molar-refractivity contribution in [3.05, 3.63) is 58.1 Å². The summed E-state index contributed by atoms with van der Waals surface area (Å²) >= 11 is 1.56. The third kappa shape index (κ3) is 8.29. The number of benzene rings is 2. The van der Waals surface area contributed by atoms with Crippen molar-refractivity contribution in [2.75, 3.05) is 45.9 Å². The second kappa shape index (κ2) is 12.0. The first-order valence-electron chi connectivity index (χ1n) is 12.4. The van der Waals surface area contributed by atoms with E-state index in [9.17, 15) is 39.9 Å². The van der Waals surface area contributed by atoms with Gasteiger partial charge in [-0.1, -0.05) is 0 Å². The second-order valence-electron chi connectivity index (χ2n) is 9.85. The topological polar surface area (TPSA) is 109 Å². The van der Waals surface area contributed by atoms with Gasteiger partial charge in [0.1, 0.15) is 23.7 Å². The standard InChI is InChI=1S/C25H28F6N4O4S2/c1-15-33-21-11-20(2-3-22(21)40-15)39-14-19(36)12-34-4-6-35(7-5-34)13-23(41(32,37)38)16-8-17(24(26,27)28)10-18(9-16)25(29,30)31/h2-3,8-11,19,23,36H,4-7,12-14H2,1H3,(H2,32,37,38)/t19-,23?/m1/s1. The Morgan fingerprint density at radius 2 is 1.54 bits per heavy atom. The molecule has 41 heavy (non-hydrogen) atoms. The molecule has 0 spiro atoms. The molecule has 0 amide bonds. The van der Waals surface area contributed by atoms with Crippen molar-refractivity contribution in [3.8, 4) is 5.75 Å². The zero-order chi connectivity index (χ0) is 30.2. The number of aromatic nitrogens is 1. The fraction of sp³-hybridized carbons (Fsp3) is 0.480. The van der Waals surface area contributed by atoms with Crippen LogP contribution in [0.1, 0.15) is 26.9 Å². The quantitative estimate of drug-likeness (QED) is 0.346. The van der Waals surface area contributed by atoms with E-state index in [4.69, 9.17) is 9.88 Å². The maximum atomic E-state index is 13.3. The maximum Gasteiger partial charge on any atom is 0.416 e. The molecule has 1 fully saturated rings. The number of nitrogens with zero attached hydrogens (tertiary/aromatic N) is 3. The predicted octanol–water partition coefficient (Wildman–Crippen LogP) is 4.03. The summed E-state index contributed by atoms with van der Waals surface area (Å²) < 4.78 is 111. The lowest BCUT2D eigenvalue weighted by molar-refractivity contribution is -0.143. The van der Waals surface area contributed by atoms with Crippen LogP contribution < -0.4 is 9.88 Å². The molecule has 226 valence electrons. The predicted molar refractivity (Wildman–Crippen MR) is 141 cm³/mol. The number of rotatable bonds is 9. The normalized spacial score (nSPS) is 17.6. The van der Waals surface area contributed by atoms with E-state index < -0.39 is 57.0 Å². The summed E-state index contributed by atoms with van der Waals surface area (Å²) in [6, 6.07) is 6.19. The van der Waals surface area contributed by atoms with Gasteiger partial charge in [-0.05, 0) is 42.8 Å². The van der Waals surface area contributed by atoms with E-state index in [1.165, 1.54) is 0 Å². The number of fused-ring (bicyclic) bond motifs is 1. The Kier molecular flexibility index (Phi) is 9.21. The van der Waals surface area contributed by atoms with Gasteiger partial charge in [0.25, 0.3) is 0 Å². The summed E-state index contributed by atoms with van der Waals surface area (Å²) in [7, 11) is -4.57. The first kappa shape index (κ1) is 31.4. The Morgan fingerprint density at radius 3 is 2.07 bits per heavy atom. The van der Waals surface area contributed by atoms with Crippen LogP contribution in [0.25, 0.3) is 10.2 Å². The van der Waals surface area contributed by atoms with Crippen LogP contribution in [0.4, 0.5) is 26.3 Å². The lowest BCUT2D eigenvalue weighted by Crippen LogP contribution is -2.50. The number of alkyl halides is 6. The highest BCUT2D eigenvalue weighted by Gasteiger charge is 2.39. The van der Waals surface area contributed by atoms with Crippen LogP contribution in [0, 0.1) is 6.92 Å². The van der Waals surface area contributed by atoms with Crippen LogP contribution in [0.5, 0.6) is 5.75 Å². The highest BCUT2D eigenvalue weighted by atomic mass is 32.2. The summed E-state index contributed by atoms with van der Waals surface area (Å²) in [4.78, 5) is 7.91. The van der Waals surface area contributed by atoms with Gasteiger partial charge in [0.15, 0.2) is 0 Å². The molecule has 0 bridgehead atoms. The number of aliphatic hydroxyl groups excluding tert-OH is 1. The number of hydrogen-bond acceptors (Lipinski definition) is 8. The lowest BCUT2D eigenvalue weighted by atomic mass is 10.0. The third-order valence-electron chi connectivity index (χ3n) is 6.64. The first-order chi connectivity index (χ1) is 19.0. The fourth-order valence-corrected chi connectivity index (χ4v) is 6.35. The molecular weight excluding hydrogens is 598 g/mol. The number of primary sulfonamides is 1. The summed E-state index contributed by atoms with van der Waals surface area (Å²) in [6.07, 6.45) is -11.1. The summed E-state index contributed by atoms with van der Waals surface area (Å²) in [5.74, 6) is 0.559. The van der Waals surface area contributed by atoms with Crippen molar-refractivity contribution in [1.82, 2.24) is 14.8 Å². The number of thiazole rings is 1. The highest BCUT2D eigenvalue weighted by Crippen LogP contribution is 2.38. The van der Waals surface area contributed by atoms with E-state index in [1.807, 2.05) is 17.9 Å². The number of piperazine rings is 1. The number of nitrogens with two attached hydrogens (primary N) is 1. The SMILES string of the molecule is Cc1nc2cc(OC[C@H](O)CN3CCN(CC(c4cc(C(F)(F)F)cc(C(F)(F)F)c4)S(N)(=O)=O)CC3)ccc2s1. The molecule has 16 heteroatoms. The molecule has 3 aromatic rings. The van der Waals surface area contributed by atoms with Crippen molar-refractivity contribution in [1.29, 1.82) is 0 Å². The van der Waals surface area contributed by atoms with Crippen molar-refractivity contribution >= 4 is 31.6 Å². The summed E-state index contributed by atoms with van der Waals surface area (Å²) in [5.41, 5.74) is -3.11. The van der Waals surface area contributed by atoms with Crippen LogP contribution in [0.15, 0.2) is 36.4 Å². The summed E-state index contributed by atoms with van der Waals surface area (Å²) in [6.45, 7) is 3.01. The van der Waals surface area contributed by atoms with Crippen LogP contribution in [-0.2, 0) is 22.4 Å². The number of halogens is 6. The van der Waals surface area contributed by atoms with Gasteiger partial charge >= 0.3 is 12.4 Å². The smallest absolute Gasteiger partial charge is 0.416 e. The van der Waals surface area contributed by atoms with Gasteiger partial charge in [0.2, 0.25) is 10.0 Å². The van der Waals surface area contributed by atoms with E-state index in [1.54, 1.807) is 28.4 Å². The zero-order valence-corrected chi connectivity index (χ0v) is 23.4. The van der Waals surface area contributed by atoms with Crippen molar-refractivity contribution in [3.63, 3.8) is 0 Å². The van der Waals surface area contributed by atoms with E-state index >= 15 is 0 Å². The van der Waals surface area contributed by atoms with E-state index in [2.05, 4.69) is 4.98 Å². The molecule has 3 N–H and O–H groups in total. The number of sulfonamides is 1. The van der Waals surface area contributed by atoms with Gasteiger partial charge in [-0.15, -0.1) is 11.3 Å². The molecule has 1 aromatic heterocycles. The average Bonchev–Trinajstić information content (AvgIpc) is 3.24. The van der Waals surface area contributed by atoms with Crippen LogP contribution in [-0.4, -0.2) is 80.3 Å². The largest absolute Gasteiger partial charge is 0.491 e. The molecule has 2 atom stereocenters. The summed E-state index contributed by atoms with van der Waals surface area (Å²) in [5, 5.41) is 14.8. The molecule has 1 aliphatic heterocycles. The molecular formula is C25H28F6N4O4S2. The maximum absolute atomic E-state index is 13.3. The molecule has 0 aliphatic carbocycles. The number of β-amino-alcohol motifs (C(OH)–C–C–N with tert-alkyl or cyclic N) is 1. The van der Waals surface area contributed by atoms with Crippen molar-refractivity contribution in [2.45, 2.75) is 30.6 Å². The van der Waals surface area contributed by atoms with Gasteiger partial charge in [-0.2, -0.15) is 26.3 Å². The molecule has 0 radical (unpaired) electrons. The first-order valence-corrected chi connectivity index (χ1v) is 14.9. The molecule has 1 saturated heterocycles. The van der Waals surface area contributed by atoms with Gasteiger partial charge in [-0.3, -0.25) is 9.80 Å². The molecule has 1 unspecified atom stereocenters. The van der Waals surface area contributed by atoms with Crippen LogP contribution in [0.2, 0.25) is 0 Å². The Morgan fingerprint density at radius 1 is 0.976 bits per heavy atom. The minimum Gasteiger partial charge on any atom is -0.491 e. The minimum absolute atomic E-state index is 0.0133. The van der Waals surface area contributed by atoms with Crippen LogP contribution >= 0.6 is 11.3 Å². The van der Waals surface area contributed by atoms with Gasteiger partial charge < -0.3 is 9.84 Å². The number of aliphatic hydroxyl groups is 1. The lowest BCUT2D eigenvalue weighted by Gasteiger charge is -2.37. The monoisotopic (exact) mass is 626 g/mol. The number of hydrogen-bond donors (Lipinski definition) is 2. The van der Waals surface area contributed by atoms with Crippen molar-refractivity contribution in [2.24, 2.45) is 5.14 Å². The molecule has 2 aromatic carbocycles. The Balaban J connectivity index is 1.36. The molecule has 1 aliphatic rings. The minimum atomic E-state index is -5.12. The number of ether oxygens (including phenoxy) is 1. The van der Waals surface area contributed by atoms with Crippen molar-refractivity contribution < 1.29 is 44.6 Å². The Hall–Kier alpha value is -2.50. The average molecular weight is 627 g/mol. The zero-order valence-electron chi connectivity index (χ0n) is 21.7. The Bertz CT molecular complexity index is 1440. The molecule has 2 heterocycles. The van der Waals surface area contributed by atoms with Gasteiger partial charge in [0, 0.05) is 45.3 Å². The fourth-order valence-electron chi connectivity index (χ4n) is 4.61. The number of aryl methyl sites for hydroxylation is 1. The van der Waals surface area contributed by atoms with E-state index in [0.717, 1.165) is 15.2 Å². The van der Waals surface area contributed by atoms with E-state index in [-0.39, 0.29) is 32.3 Å². The van der Waals surface area contributed by atoms with Gasteiger partial charge in [0.05, 0.1) is 26.4 Å². The van der Waals surface area contributed by atoms with Crippen LogP contribution in [0.3, 0.4) is 0 Å². The molecule has 0 saturated carbocycles.